The molecule has 0 bridgehead atoms. The Balaban J connectivity index is 2.40. The Morgan fingerprint density at radius 2 is 2.18 bits per heavy atom. The Morgan fingerprint density at radius 1 is 1.41 bits per heavy atom. The van der Waals surface area contributed by atoms with Crippen LogP contribution in [0.5, 0.6) is 0 Å². The molecule has 0 spiro atoms. The van der Waals surface area contributed by atoms with Crippen molar-refractivity contribution in [2.24, 2.45) is 5.92 Å². The van der Waals surface area contributed by atoms with Crippen LogP contribution in [0.25, 0.3) is 5.70 Å². The molecule has 22 heavy (non-hydrogen) atoms. The lowest BCUT2D eigenvalue weighted by Crippen LogP contribution is -2.10. The van der Waals surface area contributed by atoms with Crippen LogP contribution in [0.15, 0.2) is 36.9 Å². The van der Waals surface area contributed by atoms with Crippen LogP contribution in [0, 0.1) is 5.92 Å². The molecule has 1 aromatic heterocycles. The highest BCUT2D eigenvalue weighted by atomic mass is 35.5. The third kappa shape index (κ3) is 4.09. The van der Waals surface area contributed by atoms with Crippen LogP contribution in [0.1, 0.15) is 38.4 Å². The monoisotopic (exact) mass is 339 g/mol. The summed E-state index contributed by atoms with van der Waals surface area (Å²) < 4.78 is 1.57. The molecule has 4 nitrogen and oxygen atoms in total. The summed E-state index contributed by atoms with van der Waals surface area (Å²) in [6.45, 7) is 4.24. The second-order valence-corrected chi connectivity index (χ2v) is 6.11. The maximum Gasteiger partial charge on any atom is 0.138 e. The van der Waals surface area contributed by atoms with Gasteiger partial charge in [0.1, 0.15) is 18.8 Å². The van der Waals surface area contributed by atoms with E-state index in [2.05, 4.69) is 23.9 Å². The van der Waals surface area contributed by atoms with E-state index in [4.69, 9.17) is 23.2 Å². The summed E-state index contributed by atoms with van der Waals surface area (Å²) in [5.74, 6) is 0.310. The summed E-state index contributed by atoms with van der Waals surface area (Å²) in [6.07, 6.45) is 6.21. The van der Waals surface area contributed by atoms with Gasteiger partial charge in [-0.1, -0.05) is 55.6 Å². The van der Waals surface area contributed by atoms with Crippen LogP contribution in [0.4, 0.5) is 0 Å². The number of benzene rings is 1. The number of aromatic nitrogens is 3. The molecule has 0 fully saturated rings. The number of hydrogen-bond donors (Lipinski definition) is 1. The topological polar surface area (TPSA) is 50.9 Å². The Morgan fingerprint density at radius 3 is 2.77 bits per heavy atom. The lowest BCUT2D eigenvalue weighted by Gasteiger charge is -2.18. The minimum Gasteiger partial charge on any atom is -0.382 e. The van der Waals surface area contributed by atoms with Crippen LogP contribution in [0.3, 0.4) is 0 Å². The smallest absolute Gasteiger partial charge is 0.138 e. The minimum absolute atomic E-state index is 0.310. The molecule has 0 aliphatic rings. The molecule has 0 aliphatic carbocycles. The molecule has 2 aromatic rings. The third-order valence-electron chi connectivity index (χ3n) is 3.42. The van der Waals surface area contributed by atoms with Gasteiger partial charge in [-0.05, 0) is 24.5 Å². The standard InChI is InChI=1S/C16H19Cl2N3O/c1-3-4-11(2)7-15(21-10-19-9-20-21)16(22)13-6-5-12(17)8-14(13)18/h5-11,16,22H,3-4H2,1-2H3/b15-7-. The molecule has 1 heterocycles. The van der Waals surface area contributed by atoms with Crippen LogP contribution in [0.2, 0.25) is 10.0 Å². The SMILES string of the molecule is CCCC(C)/C=C(/C(O)c1ccc(Cl)cc1Cl)n1cncn1. The van der Waals surface area contributed by atoms with Crippen LogP contribution >= 0.6 is 23.2 Å². The minimum atomic E-state index is -0.897. The number of halogens is 2. The molecule has 2 rings (SSSR count). The fraction of sp³-hybridized carbons (Fsp3) is 0.375. The van der Waals surface area contributed by atoms with Gasteiger partial charge in [-0.15, -0.1) is 0 Å². The number of nitrogens with zero attached hydrogens (tertiary/aromatic N) is 3. The summed E-state index contributed by atoms with van der Waals surface area (Å²) in [4.78, 5) is 3.95. The normalized spacial score (nSPS) is 14.9. The Labute approximate surface area is 140 Å². The largest absolute Gasteiger partial charge is 0.382 e. The Hall–Kier alpha value is -1.36. The lowest BCUT2D eigenvalue weighted by molar-refractivity contribution is 0.229. The molecule has 0 aliphatic heterocycles. The summed E-state index contributed by atoms with van der Waals surface area (Å²) in [5.41, 5.74) is 1.24. The summed E-state index contributed by atoms with van der Waals surface area (Å²) >= 11 is 12.1. The Bertz CT molecular complexity index is 641. The van der Waals surface area contributed by atoms with Gasteiger partial charge in [0.25, 0.3) is 0 Å². The van der Waals surface area contributed by atoms with E-state index in [-0.39, 0.29) is 0 Å². The van der Waals surface area contributed by atoms with Crippen molar-refractivity contribution in [1.82, 2.24) is 14.8 Å². The van der Waals surface area contributed by atoms with E-state index in [9.17, 15) is 5.11 Å². The van der Waals surface area contributed by atoms with Crippen molar-refractivity contribution < 1.29 is 5.11 Å². The van der Waals surface area contributed by atoms with Gasteiger partial charge >= 0.3 is 0 Å². The molecule has 1 aromatic carbocycles. The van der Waals surface area contributed by atoms with Gasteiger partial charge < -0.3 is 5.11 Å². The maximum absolute atomic E-state index is 10.8. The number of aliphatic hydroxyl groups is 1. The molecule has 1 N–H and O–H groups in total. The number of allylic oxidation sites excluding steroid dienone is 1. The highest BCUT2D eigenvalue weighted by Crippen LogP contribution is 2.33. The second-order valence-electron chi connectivity index (χ2n) is 5.27. The summed E-state index contributed by atoms with van der Waals surface area (Å²) in [5, 5.41) is 15.8. The number of aliphatic hydroxyl groups excluding tert-OH is 1. The lowest BCUT2D eigenvalue weighted by atomic mass is 10.00. The van der Waals surface area contributed by atoms with E-state index in [0.717, 1.165) is 12.8 Å². The fourth-order valence-electron chi connectivity index (χ4n) is 2.35. The van der Waals surface area contributed by atoms with Gasteiger partial charge in [-0.3, -0.25) is 0 Å². The van der Waals surface area contributed by atoms with Gasteiger partial charge in [-0.2, -0.15) is 5.10 Å². The van der Waals surface area contributed by atoms with Gasteiger partial charge in [0.2, 0.25) is 0 Å². The van der Waals surface area contributed by atoms with Crippen molar-refractivity contribution >= 4 is 28.9 Å². The summed E-state index contributed by atoms with van der Waals surface area (Å²) in [7, 11) is 0. The van der Waals surface area contributed by atoms with E-state index >= 15 is 0 Å². The average Bonchev–Trinajstić information content (AvgIpc) is 2.98. The zero-order valence-corrected chi connectivity index (χ0v) is 14.1. The quantitative estimate of drug-likeness (QED) is 0.836. The van der Waals surface area contributed by atoms with Crippen molar-refractivity contribution in [3.05, 3.63) is 52.5 Å². The van der Waals surface area contributed by atoms with E-state index < -0.39 is 6.10 Å². The van der Waals surface area contributed by atoms with E-state index in [0.29, 0.717) is 27.2 Å². The zero-order valence-electron chi connectivity index (χ0n) is 12.6. The molecule has 0 amide bonds. The first-order valence-corrected chi connectivity index (χ1v) is 7.98. The molecular formula is C16H19Cl2N3O. The van der Waals surface area contributed by atoms with E-state index in [1.54, 1.807) is 29.2 Å². The van der Waals surface area contributed by atoms with Crippen molar-refractivity contribution in [3.8, 4) is 0 Å². The predicted molar refractivity (Wildman–Crippen MR) is 89.8 cm³/mol. The molecule has 0 radical (unpaired) electrons. The van der Waals surface area contributed by atoms with Crippen molar-refractivity contribution in [2.75, 3.05) is 0 Å². The highest BCUT2D eigenvalue weighted by Gasteiger charge is 2.20. The first-order chi connectivity index (χ1) is 10.5. The van der Waals surface area contributed by atoms with Gasteiger partial charge in [0, 0.05) is 15.6 Å². The number of rotatable bonds is 6. The summed E-state index contributed by atoms with van der Waals surface area (Å²) in [6, 6.07) is 5.06. The molecule has 0 saturated heterocycles. The predicted octanol–water partition coefficient (Wildman–Crippen LogP) is 4.60. The van der Waals surface area contributed by atoms with Crippen LogP contribution in [-0.2, 0) is 0 Å². The molecule has 2 unspecified atom stereocenters. The van der Waals surface area contributed by atoms with Crippen molar-refractivity contribution in [3.63, 3.8) is 0 Å². The molecule has 0 saturated carbocycles. The fourth-order valence-corrected chi connectivity index (χ4v) is 2.86. The second kappa shape index (κ2) is 7.77. The van der Waals surface area contributed by atoms with Gasteiger partial charge in [-0.25, -0.2) is 9.67 Å². The first kappa shape index (κ1) is 17.0. The van der Waals surface area contributed by atoms with Crippen LogP contribution < -0.4 is 0 Å². The molecule has 118 valence electrons. The van der Waals surface area contributed by atoms with Gasteiger partial charge in [0.15, 0.2) is 0 Å². The zero-order chi connectivity index (χ0) is 16.1. The maximum atomic E-state index is 10.8. The average molecular weight is 340 g/mol. The van der Waals surface area contributed by atoms with Crippen LogP contribution in [-0.4, -0.2) is 19.9 Å². The highest BCUT2D eigenvalue weighted by molar-refractivity contribution is 6.35. The van der Waals surface area contributed by atoms with E-state index in [1.165, 1.54) is 6.33 Å². The molecule has 2 atom stereocenters. The first-order valence-electron chi connectivity index (χ1n) is 7.22. The third-order valence-corrected chi connectivity index (χ3v) is 3.98. The van der Waals surface area contributed by atoms with Crippen molar-refractivity contribution in [1.29, 1.82) is 0 Å². The van der Waals surface area contributed by atoms with E-state index in [1.807, 2.05) is 6.08 Å². The van der Waals surface area contributed by atoms with Gasteiger partial charge in [0.05, 0.1) is 5.70 Å². The Kier molecular flexibility index (Phi) is 6.00. The van der Waals surface area contributed by atoms with Crippen molar-refractivity contribution in [2.45, 2.75) is 32.8 Å². The number of hydrogen-bond acceptors (Lipinski definition) is 3. The molecular weight excluding hydrogens is 321 g/mol. The molecule has 6 heteroatoms.